The molecule has 0 aromatic heterocycles. The average molecular weight is 311 g/mol. The van der Waals surface area contributed by atoms with Crippen molar-refractivity contribution in [3.63, 3.8) is 0 Å². The minimum Gasteiger partial charge on any atom is -0.497 e. The second kappa shape index (κ2) is 7.26. The second-order valence-corrected chi connectivity index (χ2v) is 5.59. The van der Waals surface area contributed by atoms with Gasteiger partial charge < -0.3 is 10.1 Å². The molecule has 1 heterocycles. The molecule has 23 heavy (non-hydrogen) atoms. The molecule has 0 spiro atoms. The number of nitrogens with one attached hydrogen (secondary N) is 3. The minimum absolute atomic E-state index is 0.0125. The molecular formula is C18H21N3O2. The summed E-state index contributed by atoms with van der Waals surface area (Å²) in [6.45, 7) is 1.11. The van der Waals surface area contributed by atoms with E-state index < -0.39 is 0 Å². The summed E-state index contributed by atoms with van der Waals surface area (Å²) in [5.74, 6) is 0.699. The van der Waals surface area contributed by atoms with Crippen molar-refractivity contribution in [2.24, 2.45) is 5.92 Å². The van der Waals surface area contributed by atoms with Gasteiger partial charge in [-0.05, 0) is 23.3 Å². The van der Waals surface area contributed by atoms with Gasteiger partial charge in [-0.15, -0.1) is 0 Å². The summed E-state index contributed by atoms with van der Waals surface area (Å²) in [4.78, 5) is 12.5. The molecule has 1 aliphatic heterocycles. The van der Waals surface area contributed by atoms with Gasteiger partial charge in [0.1, 0.15) is 5.75 Å². The summed E-state index contributed by atoms with van der Waals surface area (Å²) < 4.78 is 5.20. The van der Waals surface area contributed by atoms with Gasteiger partial charge in [-0.25, -0.2) is 5.43 Å². The molecule has 2 aromatic carbocycles. The fraction of sp³-hybridized carbons (Fsp3) is 0.278. The van der Waals surface area contributed by atoms with Crippen LogP contribution in [0.3, 0.4) is 0 Å². The average Bonchev–Trinajstić information content (AvgIpc) is 3.10. The zero-order chi connectivity index (χ0) is 16.1. The molecule has 5 heteroatoms. The highest BCUT2D eigenvalue weighted by molar-refractivity contribution is 5.80. The van der Waals surface area contributed by atoms with E-state index in [1.165, 1.54) is 0 Å². The fourth-order valence-electron chi connectivity index (χ4n) is 2.82. The first-order valence-corrected chi connectivity index (χ1v) is 7.72. The van der Waals surface area contributed by atoms with Gasteiger partial charge in [0, 0.05) is 13.1 Å². The van der Waals surface area contributed by atoms with Crippen LogP contribution in [0, 0.1) is 5.92 Å². The number of benzene rings is 2. The maximum atomic E-state index is 12.5. The summed E-state index contributed by atoms with van der Waals surface area (Å²) in [7, 11) is 1.64. The third-order valence-corrected chi connectivity index (χ3v) is 4.08. The highest BCUT2D eigenvalue weighted by Crippen LogP contribution is 2.24. The summed E-state index contributed by atoms with van der Waals surface area (Å²) >= 11 is 0. The van der Waals surface area contributed by atoms with Crippen LogP contribution in [-0.2, 0) is 11.3 Å². The lowest BCUT2D eigenvalue weighted by Gasteiger charge is -2.18. The van der Waals surface area contributed by atoms with E-state index in [0.29, 0.717) is 13.1 Å². The Morgan fingerprint density at radius 2 is 2.04 bits per heavy atom. The van der Waals surface area contributed by atoms with Gasteiger partial charge in [0.15, 0.2) is 0 Å². The largest absolute Gasteiger partial charge is 0.497 e. The molecule has 0 bridgehead atoms. The maximum Gasteiger partial charge on any atom is 0.226 e. The molecule has 2 atom stereocenters. The van der Waals surface area contributed by atoms with Crippen molar-refractivity contribution < 1.29 is 9.53 Å². The van der Waals surface area contributed by atoms with Gasteiger partial charge in [-0.3, -0.25) is 10.2 Å². The Morgan fingerprint density at radius 1 is 1.22 bits per heavy atom. The van der Waals surface area contributed by atoms with Gasteiger partial charge in [0.25, 0.3) is 0 Å². The van der Waals surface area contributed by atoms with Crippen molar-refractivity contribution >= 4 is 5.91 Å². The Hall–Kier alpha value is -2.37. The molecule has 1 amide bonds. The zero-order valence-corrected chi connectivity index (χ0v) is 13.1. The Bertz CT molecular complexity index is 660. The van der Waals surface area contributed by atoms with Crippen LogP contribution in [0.4, 0.5) is 0 Å². The highest BCUT2D eigenvalue weighted by Gasteiger charge is 2.33. The topological polar surface area (TPSA) is 62.4 Å². The van der Waals surface area contributed by atoms with Crippen molar-refractivity contribution in [1.29, 1.82) is 0 Å². The third-order valence-electron chi connectivity index (χ3n) is 4.08. The van der Waals surface area contributed by atoms with Crippen molar-refractivity contribution in [3.05, 3.63) is 65.7 Å². The number of carbonyl (C=O) groups is 1. The molecule has 3 rings (SSSR count). The fourth-order valence-corrected chi connectivity index (χ4v) is 2.82. The number of rotatable bonds is 5. The molecule has 5 nitrogen and oxygen atoms in total. The lowest BCUT2D eigenvalue weighted by Crippen LogP contribution is -2.34. The predicted molar refractivity (Wildman–Crippen MR) is 88.7 cm³/mol. The summed E-state index contributed by atoms with van der Waals surface area (Å²) in [5, 5.41) is 3.02. The van der Waals surface area contributed by atoms with Gasteiger partial charge >= 0.3 is 0 Å². The summed E-state index contributed by atoms with van der Waals surface area (Å²) in [5.41, 5.74) is 8.41. The highest BCUT2D eigenvalue weighted by atomic mass is 16.5. The first-order valence-electron chi connectivity index (χ1n) is 7.72. The molecule has 2 aromatic rings. The number of hydrogen-bond donors (Lipinski definition) is 3. The maximum absolute atomic E-state index is 12.5. The van der Waals surface area contributed by atoms with Crippen molar-refractivity contribution in [2.45, 2.75) is 12.6 Å². The lowest BCUT2D eigenvalue weighted by atomic mass is 9.94. The molecule has 0 radical (unpaired) electrons. The molecule has 120 valence electrons. The third kappa shape index (κ3) is 3.70. The van der Waals surface area contributed by atoms with E-state index in [0.717, 1.165) is 16.9 Å². The zero-order valence-electron chi connectivity index (χ0n) is 13.1. The summed E-state index contributed by atoms with van der Waals surface area (Å²) in [6.07, 6.45) is 0. The van der Waals surface area contributed by atoms with Gasteiger partial charge in [0.05, 0.1) is 19.1 Å². The quantitative estimate of drug-likeness (QED) is 0.788. The predicted octanol–water partition coefficient (Wildman–Crippen LogP) is 1.78. The summed E-state index contributed by atoms with van der Waals surface area (Å²) in [6, 6.07) is 17.7. The number of hydrogen-bond acceptors (Lipinski definition) is 4. The molecule has 1 fully saturated rings. The number of carbonyl (C=O) groups excluding carboxylic acids is 1. The standard InChI is InChI=1S/C18H21N3O2/c1-23-15-9-5-6-13(10-15)11-19-18(22)16-12-20-21-17(16)14-7-3-2-4-8-14/h2-10,16-17,20-21H,11-12H2,1H3,(H,19,22). The molecule has 2 unspecified atom stereocenters. The molecule has 1 saturated heterocycles. The number of hydrazine groups is 1. The van der Waals surface area contributed by atoms with Crippen LogP contribution in [0.5, 0.6) is 5.75 Å². The van der Waals surface area contributed by atoms with Crippen LogP contribution in [-0.4, -0.2) is 19.6 Å². The number of ether oxygens (including phenoxy) is 1. The van der Waals surface area contributed by atoms with Gasteiger partial charge in [-0.1, -0.05) is 42.5 Å². The Morgan fingerprint density at radius 3 is 2.83 bits per heavy atom. The van der Waals surface area contributed by atoms with Crippen molar-refractivity contribution in [1.82, 2.24) is 16.2 Å². The van der Waals surface area contributed by atoms with Crippen LogP contribution in [0.2, 0.25) is 0 Å². The van der Waals surface area contributed by atoms with Crippen LogP contribution < -0.4 is 20.9 Å². The SMILES string of the molecule is COc1cccc(CNC(=O)C2CNNC2c2ccccc2)c1. The van der Waals surface area contributed by atoms with E-state index in [4.69, 9.17) is 4.74 Å². The molecule has 0 aliphatic carbocycles. The van der Waals surface area contributed by atoms with Crippen molar-refractivity contribution in [2.75, 3.05) is 13.7 Å². The van der Waals surface area contributed by atoms with Crippen LogP contribution >= 0.6 is 0 Å². The van der Waals surface area contributed by atoms with E-state index >= 15 is 0 Å². The van der Waals surface area contributed by atoms with Crippen LogP contribution in [0.1, 0.15) is 17.2 Å². The first-order chi connectivity index (χ1) is 11.3. The smallest absolute Gasteiger partial charge is 0.226 e. The molecule has 3 N–H and O–H groups in total. The lowest BCUT2D eigenvalue weighted by molar-refractivity contribution is -0.125. The Labute approximate surface area is 136 Å². The van der Waals surface area contributed by atoms with E-state index in [-0.39, 0.29) is 17.9 Å². The van der Waals surface area contributed by atoms with Crippen molar-refractivity contribution in [3.8, 4) is 5.75 Å². The van der Waals surface area contributed by atoms with Gasteiger partial charge in [0.2, 0.25) is 5.91 Å². The van der Waals surface area contributed by atoms with E-state index in [1.807, 2.05) is 54.6 Å². The number of amides is 1. The minimum atomic E-state index is -0.136. The van der Waals surface area contributed by atoms with E-state index in [1.54, 1.807) is 7.11 Å². The Kier molecular flexibility index (Phi) is 4.90. The normalized spacial score (nSPS) is 20.2. The van der Waals surface area contributed by atoms with E-state index in [2.05, 4.69) is 16.2 Å². The molecule has 0 saturated carbocycles. The molecular weight excluding hydrogens is 290 g/mol. The Balaban J connectivity index is 1.63. The van der Waals surface area contributed by atoms with Crippen LogP contribution in [0.25, 0.3) is 0 Å². The van der Waals surface area contributed by atoms with Gasteiger partial charge in [-0.2, -0.15) is 0 Å². The second-order valence-electron chi connectivity index (χ2n) is 5.59. The monoisotopic (exact) mass is 311 g/mol. The first kappa shape index (κ1) is 15.5. The van der Waals surface area contributed by atoms with Crippen LogP contribution in [0.15, 0.2) is 54.6 Å². The number of methoxy groups -OCH3 is 1. The van der Waals surface area contributed by atoms with E-state index in [9.17, 15) is 4.79 Å². The molecule has 1 aliphatic rings.